The van der Waals surface area contributed by atoms with Gasteiger partial charge in [0.25, 0.3) is 0 Å². The quantitative estimate of drug-likeness (QED) is 0.100. The van der Waals surface area contributed by atoms with Crippen LogP contribution < -0.4 is 56.6 Å². The third kappa shape index (κ3) is 9.79. The van der Waals surface area contributed by atoms with Crippen LogP contribution in [0.25, 0.3) is 43.8 Å². The van der Waals surface area contributed by atoms with Crippen molar-refractivity contribution in [1.29, 1.82) is 0 Å². The largest absolute Gasteiger partial charge is 4.00 e. The summed E-state index contributed by atoms with van der Waals surface area (Å²) >= 11 is 0. The molecule has 0 atom stereocenters. The van der Waals surface area contributed by atoms with Gasteiger partial charge in [0.2, 0.25) is 0 Å². The Hall–Kier alpha value is -4.87. The first-order valence-electron chi connectivity index (χ1n) is 19.1. The summed E-state index contributed by atoms with van der Waals surface area (Å²) in [6.45, 7) is 0. The van der Waals surface area contributed by atoms with Crippen molar-refractivity contribution < 1.29 is 46.5 Å². The second-order valence-electron chi connectivity index (χ2n) is 13.8. The normalized spacial score (nSPS) is 10.6. The van der Waals surface area contributed by atoms with E-state index in [1.165, 1.54) is 75.6 Å². The maximum absolute atomic E-state index is 2.41. The summed E-state index contributed by atoms with van der Waals surface area (Å²) in [6.07, 6.45) is 0. The second-order valence-corrected chi connectivity index (χ2v) is 18.2. The van der Waals surface area contributed by atoms with E-state index in [1.807, 2.05) is 0 Å². The molecule has 284 valence electrons. The molecule has 0 unspecified atom stereocenters. The fourth-order valence-corrected chi connectivity index (χ4v) is 12.4. The van der Waals surface area contributed by atoms with Crippen molar-refractivity contribution in [2.24, 2.45) is 0 Å². The van der Waals surface area contributed by atoms with Gasteiger partial charge in [-0.25, -0.2) is 0 Å². The number of hydrogen-bond acceptors (Lipinski definition) is 0. The molecule has 0 saturated heterocycles. The monoisotopic (exact) mass is 868 g/mol. The number of rotatable bonds is 8. The van der Waals surface area contributed by atoms with Gasteiger partial charge in [-0.15, -0.1) is 68.6 Å². The van der Waals surface area contributed by atoms with Crippen LogP contribution in [0.3, 0.4) is 0 Å². The molecule has 0 bridgehead atoms. The summed E-state index contributed by atoms with van der Waals surface area (Å²) in [7, 11) is -1.15. The molecule has 0 aliphatic rings. The van der Waals surface area contributed by atoms with Crippen molar-refractivity contribution in [3.05, 3.63) is 243 Å². The molecular formula is C54H40Cl2P2Ti. The molecule has 10 rings (SSSR count). The molecule has 59 heavy (non-hydrogen) atoms. The fraction of sp³-hybridized carbons (Fsp3) is 0. The first-order chi connectivity index (χ1) is 27.8. The maximum atomic E-state index is 2.41. The third-order valence-electron chi connectivity index (χ3n) is 10.2. The van der Waals surface area contributed by atoms with E-state index in [2.05, 4.69) is 243 Å². The van der Waals surface area contributed by atoms with E-state index < -0.39 is 15.8 Å². The molecule has 0 amide bonds. The summed E-state index contributed by atoms with van der Waals surface area (Å²) in [4.78, 5) is 0. The van der Waals surface area contributed by atoms with Crippen LogP contribution in [-0.4, -0.2) is 0 Å². The summed E-state index contributed by atoms with van der Waals surface area (Å²) in [6, 6.07) is 87.8. The fourth-order valence-electron chi connectivity index (χ4n) is 7.64. The van der Waals surface area contributed by atoms with Gasteiger partial charge in [0.05, 0.1) is 0 Å². The van der Waals surface area contributed by atoms with Gasteiger partial charge < -0.3 is 24.8 Å². The van der Waals surface area contributed by atoms with E-state index in [4.69, 9.17) is 0 Å². The van der Waals surface area contributed by atoms with Crippen molar-refractivity contribution >= 4 is 69.2 Å². The van der Waals surface area contributed by atoms with E-state index in [9.17, 15) is 0 Å². The number of benzene rings is 8. The minimum atomic E-state index is -0.574. The first kappa shape index (κ1) is 43.7. The Morgan fingerprint density at radius 2 is 0.559 bits per heavy atom. The molecule has 10 aromatic rings. The predicted octanol–water partition coefficient (Wildman–Crippen LogP) is 5.97. The molecular weight excluding hydrogens is 829 g/mol. The van der Waals surface area contributed by atoms with Gasteiger partial charge in [-0.2, -0.15) is 12.1 Å². The van der Waals surface area contributed by atoms with Crippen molar-refractivity contribution in [1.82, 2.24) is 0 Å². The zero-order chi connectivity index (χ0) is 37.5. The van der Waals surface area contributed by atoms with Crippen LogP contribution in [0.4, 0.5) is 0 Å². The second kappa shape index (κ2) is 20.9. The molecule has 10 aromatic carbocycles. The van der Waals surface area contributed by atoms with Gasteiger partial charge in [0, 0.05) is 0 Å². The first-order valence-corrected chi connectivity index (χ1v) is 21.8. The zero-order valence-corrected chi connectivity index (χ0v) is 37.1. The van der Waals surface area contributed by atoms with Gasteiger partial charge in [0.15, 0.2) is 0 Å². The van der Waals surface area contributed by atoms with E-state index in [1.54, 1.807) is 0 Å². The van der Waals surface area contributed by atoms with Gasteiger partial charge in [0.1, 0.15) is 0 Å². The van der Waals surface area contributed by atoms with Crippen LogP contribution in [-0.2, 0) is 21.7 Å². The molecule has 0 N–H and O–H groups in total. The van der Waals surface area contributed by atoms with Gasteiger partial charge in [-0.1, -0.05) is 205 Å². The summed E-state index contributed by atoms with van der Waals surface area (Å²) in [5, 5.41) is 13.7. The van der Waals surface area contributed by atoms with Crippen molar-refractivity contribution in [3.63, 3.8) is 0 Å². The number of halogens is 2. The molecule has 0 spiro atoms. The predicted molar refractivity (Wildman–Crippen MR) is 247 cm³/mol. The topological polar surface area (TPSA) is 0 Å². The molecule has 0 aliphatic carbocycles. The SMILES string of the molecule is [Cl-].[Cl-].[Ti+4].c1ccc(-c2cccc3[cH-]c(P(c4ccccc4)c4ccccc4)cc23)cc1.c1ccc(-c2cccc3[cH-]c(P(c4ccccc4)c4ccccc4)cc23)cc1. The maximum Gasteiger partial charge on any atom is 4.00 e. The van der Waals surface area contributed by atoms with Crippen LogP contribution in [0.2, 0.25) is 0 Å². The third-order valence-corrected chi connectivity index (χ3v) is 15.0. The molecule has 0 radical (unpaired) electrons. The Bertz CT molecular complexity index is 2510. The average Bonchev–Trinajstić information content (AvgIpc) is 3.91. The molecule has 0 heterocycles. The van der Waals surface area contributed by atoms with E-state index >= 15 is 0 Å². The molecule has 0 aromatic heterocycles. The smallest absolute Gasteiger partial charge is 1.00 e. The van der Waals surface area contributed by atoms with Crippen LogP contribution in [0.15, 0.2) is 243 Å². The van der Waals surface area contributed by atoms with E-state index in [-0.39, 0.29) is 46.5 Å². The molecule has 0 saturated carbocycles. The Morgan fingerprint density at radius 3 is 0.847 bits per heavy atom. The van der Waals surface area contributed by atoms with Crippen LogP contribution in [0, 0.1) is 0 Å². The van der Waals surface area contributed by atoms with Gasteiger partial charge >= 0.3 is 21.7 Å². The standard InChI is InChI=1S/2C27H20P.2ClH.Ti/c2*1-4-11-21(12-5-1)26-18-10-13-22-19-25(20-27(22)26)28(23-14-6-2-7-15-23)24-16-8-3-9-17-24;;;/h2*1-20H;2*1H;/q2*-1;;;+4/p-2. The Balaban J connectivity index is 0.000000189. The summed E-state index contributed by atoms with van der Waals surface area (Å²) in [5.41, 5.74) is 5.16. The van der Waals surface area contributed by atoms with Crippen LogP contribution >= 0.6 is 15.8 Å². The van der Waals surface area contributed by atoms with Crippen molar-refractivity contribution in [2.45, 2.75) is 0 Å². The Morgan fingerprint density at radius 1 is 0.288 bits per heavy atom. The van der Waals surface area contributed by atoms with Crippen molar-refractivity contribution in [3.8, 4) is 22.3 Å². The average molecular weight is 870 g/mol. The van der Waals surface area contributed by atoms with Crippen LogP contribution in [0.5, 0.6) is 0 Å². The minimum absolute atomic E-state index is 0. The summed E-state index contributed by atoms with van der Waals surface area (Å²) < 4.78 is 0. The molecule has 5 heteroatoms. The number of hydrogen-bond donors (Lipinski definition) is 0. The zero-order valence-electron chi connectivity index (χ0n) is 32.2. The van der Waals surface area contributed by atoms with Crippen LogP contribution in [0.1, 0.15) is 0 Å². The van der Waals surface area contributed by atoms with E-state index in [0.29, 0.717) is 0 Å². The molecule has 0 fully saturated rings. The Labute approximate surface area is 377 Å². The number of fused-ring (bicyclic) bond motifs is 2. The molecule has 0 nitrogen and oxygen atoms in total. The van der Waals surface area contributed by atoms with E-state index in [0.717, 1.165) is 0 Å². The van der Waals surface area contributed by atoms with Crippen molar-refractivity contribution in [2.75, 3.05) is 0 Å². The van der Waals surface area contributed by atoms with Gasteiger partial charge in [-0.05, 0) is 48.2 Å². The minimum Gasteiger partial charge on any atom is -1.00 e. The molecule has 0 aliphatic heterocycles. The van der Waals surface area contributed by atoms with Gasteiger partial charge in [-0.3, -0.25) is 0 Å². The Kier molecular flexibility index (Phi) is 15.5. The summed E-state index contributed by atoms with van der Waals surface area (Å²) in [5.74, 6) is 0.